The third-order valence-corrected chi connectivity index (χ3v) is 5.01. The summed E-state index contributed by atoms with van der Waals surface area (Å²) in [7, 11) is 0. The Morgan fingerprint density at radius 3 is 2.81 bits per heavy atom. The van der Waals surface area contributed by atoms with Crippen LogP contribution in [0.1, 0.15) is 12.5 Å². The second-order valence-electron chi connectivity index (χ2n) is 5.52. The lowest BCUT2D eigenvalue weighted by Gasteiger charge is -2.12. The van der Waals surface area contributed by atoms with E-state index in [1.165, 1.54) is 12.1 Å². The van der Waals surface area contributed by atoms with Crippen molar-refractivity contribution in [1.29, 1.82) is 0 Å². The second-order valence-corrected chi connectivity index (χ2v) is 7.71. The van der Waals surface area contributed by atoms with Crippen molar-refractivity contribution in [3.63, 3.8) is 0 Å². The van der Waals surface area contributed by atoms with E-state index in [4.69, 9.17) is 9.84 Å². The van der Waals surface area contributed by atoms with Gasteiger partial charge in [0.15, 0.2) is 0 Å². The van der Waals surface area contributed by atoms with E-state index >= 15 is 0 Å². The molecule has 2 aromatic carbocycles. The van der Waals surface area contributed by atoms with Crippen molar-refractivity contribution < 1.29 is 19.0 Å². The van der Waals surface area contributed by atoms with Crippen molar-refractivity contribution in [2.75, 3.05) is 5.75 Å². The van der Waals surface area contributed by atoms with Crippen molar-refractivity contribution in [1.82, 2.24) is 4.98 Å². The predicted octanol–water partition coefficient (Wildman–Crippen LogP) is 5.67. The Balaban J connectivity index is 2.05. The molecule has 0 spiro atoms. The number of aromatic nitrogens is 1. The van der Waals surface area contributed by atoms with E-state index in [0.717, 1.165) is 10.6 Å². The van der Waals surface area contributed by atoms with E-state index in [1.54, 1.807) is 36.2 Å². The highest BCUT2D eigenvalue weighted by Crippen LogP contribution is 2.35. The van der Waals surface area contributed by atoms with Gasteiger partial charge in [-0.25, -0.2) is 9.37 Å². The highest BCUT2D eigenvalue weighted by molar-refractivity contribution is 9.10. The zero-order valence-corrected chi connectivity index (χ0v) is 16.2. The van der Waals surface area contributed by atoms with Crippen LogP contribution in [0.15, 0.2) is 52.0 Å². The summed E-state index contributed by atoms with van der Waals surface area (Å²) in [4.78, 5) is 16.4. The molecule has 0 saturated carbocycles. The first-order valence-electron chi connectivity index (χ1n) is 7.86. The highest BCUT2D eigenvalue weighted by Gasteiger charge is 2.13. The standard InChI is InChI=1S/C19H15BrFNO3S/c1-2-26-14-9-16(20)19(22-10-14)25-17-6-11(7-18(23)24)5-12-3-4-13(21)8-15(12)17/h3-6,8-10H,2,7H2,1H3,(H,23,24). The molecule has 0 unspecified atom stereocenters. The Kier molecular flexibility index (Phi) is 5.78. The van der Waals surface area contributed by atoms with E-state index in [2.05, 4.69) is 27.8 Å². The minimum atomic E-state index is -0.947. The van der Waals surface area contributed by atoms with Crippen molar-refractivity contribution >= 4 is 44.4 Å². The van der Waals surface area contributed by atoms with Gasteiger partial charge in [0.25, 0.3) is 0 Å². The molecule has 0 atom stereocenters. The van der Waals surface area contributed by atoms with Crippen molar-refractivity contribution in [3.05, 3.63) is 58.4 Å². The minimum absolute atomic E-state index is 0.148. The molecule has 1 heterocycles. The number of halogens is 2. The molecule has 26 heavy (non-hydrogen) atoms. The normalized spacial score (nSPS) is 10.9. The fourth-order valence-electron chi connectivity index (χ4n) is 2.55. The second kappa shape index (κ2) is 8.05. The fraction of sp³-hybridized carbons (Fsp3) is 0.158. The molecule has 0 bridgehead atoms. The third-order valence-electron chi connectivity index (χ3n) is 3.59. The van der Waals surface area contributed by atoms with Gasteiger partial charge in [-0.05, 0) is 56.9 Å². The largest absolute Gasteiger partial charge is 0.481 e. The first kappa shape index (κ1) is 18.7. The summed E-state index contributed by atoms with van der Waals surface area (Å²) < 4.78 is 20.3. The molecule has 0 radical (unpaired) electrons. The molecule has 0 aliphatic rings. The molecule has 4 nitrogen and oxygen atoms in total. The van der Waals surface area contributed by atoms with Gasteiger partial charge in [0, 0.05) is 16.5 Å². The van der Waals surface area contributed by atoms with Crippen LogP contribution in [0.3, 0.4) is 0 Å². The molecule has 3 aromatic rings. The van der Waals surface area contributed by atoms with E-state index in [-0.39, 0.29) is 6.42 Å². The first-order valence-corrected chi connectivity index (χ1v) is 9.64. The molecule has 3 rings (SSSR count). The number of nitrogens with zero attached hydrogens (tertiary/aromatic N) is 1. The summed E-state index contributed by atoms with van der Waals surface area (Å²) in [5, 5.41) is 10.3. The number of rotatable bonds is 6. The molecule has 7 heteroatoms. The number of benzene rings is 2. The Bertz CT molecular complexity index is 980. The van der Waals surface area contributed by atoms with Gasteiger partial charge in [0.05, 0.1) is 10.9 Å². The molecule has 0 fully saturated rings. The lowest BCUT2D eigenvalue weighted by atomic mass is 10.0. The number of carboxylic acid groups (broad SMARTS) is 1. The number of ether oxygens (including phenoxy) is 1. The van der Waals surface area contributed by atoms with Crippen LogP contribution in [0.2, 0.25) is 0 Å². The predicted molar refractivity (Wildman–Crippen MR) is 104 cm³/mol. The van der Waals surface area contributed by atoms with Crippen LogP contribution >= 0.6 is 27.7 Å². The van der Waals surface area contributed by atoms with E-state index in [0.29, 0.717) is 32.4 Å². The number of fused-ring (bicyclic) bond motifs is 1. The number of carboxylic acids is 1. The van der Waals surface area contributed by atoms with Crippen LogP contribution in [0.25, 0.3) is 10.8 Å². The molecular weight excluding hydrogens is 421 g/mol. The molecule has 1 aromatic heterocycles. The van der Waals surface area contributed by atoms with Gasteiger partial charge in [-0.2, -0.15) is 0 Å². The van der Waals surface area contributed by atoms with Gasteiger partial charge >= 0.3 is 5.97 Å². The maximum atomic E-state index is 13.7. The number of thioether (sulfide) groups is 1. The maximum Gasteiger partial charge on any atom is 0.307 e. The van der Waals surface area contributed by atoms with Crippen molar-refractivity contribution in [2.24, 2.45) is 0 Å². The minimum Gasteiger partial charge on any atom is -0.481 e. The van der Waals surface area contributed by atoms with Gasteiger partial charge in [-0.1, -0.05) is 19.1 Å². The fourth-order valence-corrected chi connectivity index (χ4v) is 3.79. The van der Waals surface area contributed by atoms with Crippen LogP contribution in [-0.4, -0.2) is 21.8 Å². The van der Waals surface area contributed by atoms with E-state index < -0.39 is 11.8 Å². The zero-order valence-electron chi connectivity index (χ0n) is 13.8. The molecule has 0 aliphatic carbocycles. The van der Waals surface area contributed by atoms with Crippen LogP contribution in [0.4, 0.5) is 4.39 Å². The molecular formula is C19H15BrFNO3S. The van der Waals surface area contributed by atoms with Crippen molar-refractivity contribution in [2.45, 2.75) is 18.2 Å². The Morgan fingerprint density at radius 2 is 2.12 bits per heavy atom. The maximum absolute atomic E-state index is 13.7. The number of carbonyl (C=O) groups is 1. The summed E-state index contributed by atoms with van der Waals surface area (Å²) in [6.45, 7) is 2.05. The molecule has 1 N–H and O–H groups in total. The Morgan fingerprint density at radius 1 is 1.31 bits per heavy atom. The summed E-state index contributed by atoms with van der Waals surface area (Å²) in [5.74, 6) is 0.286. The first-order chi connectivity index (χ1) is 12.5. The summed E-state index contributed by atoms with van der Waals surface area (Å²) in [5.41, 5.74) is 0.570. The lowest BCUT2D eigenvalue weighted by molar-refractivity contribution is -0.136. The molecule has 134 valence electrons. The smallest absolute Gasteiger partial charge is 0.307 e. The van der Waals surface area contributed by atoms with Crippen molar-refractivity contribution in [3.8, 4) is 11.6 Å². The molecule has 0 saturated heterocycles. The SMILES string of the molecule is CCSc1cnc(Oc2cc(CC(=O)O)cc3ccc(F)cc23)c(Br)c1. The Hall–Kier alpha value is -2.12. The highest BCUT2D eigenvalue weighted by atomic mass is 79.9. The number of pyridine rings is 1. The zero-order chi connectivity index (χ0) is 18.7. The topological polar surface area (TPSA) is 59.4 Å². The van der Waals surface area contributed by atoms with Gasteiger partial charge in [-0.15, -0.1) is 11.8 Å². The number of hydrogen-bond donors (Lipinski definition) is 1. The third kappa shape index (κ3) is 4.34. The number of aliphatic carboxylic acids is 1. The van der Waals surface area contributed by atoms with Gasteiger partial charge in [0.2, 0.25) is 5.88 Å². The molecule has 0 aliphatic heterocycles. The average molecular weight is 436 g/mol. The van der Waals surface area contributed by atoms with Gasteiger partial charge < -0.3 is 9.84 Å². The van der Waals surface area contributed by atoms with E-state index in [9.17, 15) is 9.18 Å². The van der Waals surface area contributed by atoms with Crippen LogP contribution in [0.5, 0.6) is 11.6 Å². The summed E-state index contributed by atoms with van der Waals surface area (Å²) in [6.07, 6.45) is 1.56. The van der Waals surface area contributed by atoms with Gasteiger partial charge in [-0.3, -0.25) is 4.79 Å². The van der Waals surface area contributed by atoms with E-state index in [1.807, 2.05) is 6.07 Å². The summed E-state index contributed by atoms with van der Waals surface area (Å²) in [6, 6.07) is 9.54. The lowest BCUT2D eigenvalue weighted by Crippen LogP contribution is -2.01. The van der Waals surface area contributed by atoms with Crippen LogP contribution in [-0.2, 0) is 11.2 Å². The molecule has 0 amide bonds. The van der Waals surface area contributed by atoms with Crippen LogP contribution in [0, 0.1) is 5.82 Å². The number of hydrogen-bond acceptors (Lipinski definition) is 4. The average Bonchev–Trinajstić information content (AvgIpc) is 2.57. The summed E-state index contributed by atoms with van der Waals surface area (Å²) >= 11 is 5.10. The monoisotopic (exact) mass is 435 g/mol. The van der Waals surface area contributed by atoms with Crippen LogP contribution < -0.4 is 4.74 Å². The Labute approximate surface area is 162 Å². The van der Waals surface area contributed by atoms with Gasteiger partial charge in [0.1, 0.15) is 11.6 Å². The quantitative estimate of drug-likeness (QED) is 0.505.